The zero-order valence-electron chi connectivity index (χ0n) is 11.4. The Hall–Kier alpha value is -1.99. The molecule has 7 heteroatoms. The van der Waals surface area contributed by atoms with Gasteiger partial charge in [-0.1, -0.05) is 6.07 Å². The fraction of sp³-hybridized carbons (Fsp3) is 0.214. The molecule has 0 aliphatic carbocycles. The van der Waals surface area contributed by atoms with Crippen molar-refractivity contribution in [3.63, 3.8) is 0 Å². The Balaban J connectivity index is 1.78. The molecule has 0 bridgehead atoms. The number of rotatable bonds is 4. The molecule has 0 radical (unpaired) electrons. The summed E-state index contributed by atoms with van der Waals surface area (Å²) in [7, 11) is 1.79. The molecule has 0 spiro atoms. The van der Waals surface area contributed by atoms with E-state index in [2.05, 4.69) is 16.0 Å². The molecule has 5 nitrogen and oxygen atoms in total. The molecule has 1 amide bonds. The summed E-state index contributed by atoms with van der Waals surface area (Å²) in [6.45, 7) is 0.661. The van der Waals surface area contributed by atoms with Crippen LogP contribution in [0.2, 0.25) is 0 Å². The van der Waals surface area contributed by atoms with Gasteiger partial charge in [-0.3, -0.25) is 4.79 Å². The number of anilines is 1. The van der Waals surface area contributed by atoms with Crippen LogP contribution in [0.5, 0.6) is 0 Å². The SMILES string of the molecule is CN(CCc1cccs1)C(=O)c1sc2nccnc2c1N. The highest BCUT2D eigenvalue weighted by Crippen LogP contribution is 2.31. The lowest BCUT2D eigenvalue weighted by Gasteiger charge is -2.15. The van der Waals surface area contributed by atoms with E-state index in [0.29, 0.717) is 27.5 Å². The summed E-state index contributed by atoms with van der Waals surface area (Å²) in [6.07, 6.45) is 4.04. The molecule has 0 aliphatic heterocycles. The highest BCUT2D eigenvalue weighted by Gasteiger charge is 2.20. The number of thiophene rings is 2. The molecule has 0 saturated heterocycles. The average Bonchev–Trinajstić information content (AvgIpc) is 3.13. The standard InChI is InChI=1S/C14H14N4OS2/c1-18(7-4-9-3-2-8-20-9)14(19)12-10(15)11-13(21-12)17-6-5-16-11/h2-3,5-6,8H,4,7,15H2,1H3. The van der Waals surface area contributed by atoms with E-state index in [1.54, 1.807) is 35.7 Å². The van der Waals surface area contributed by atoms with E-state index in [1.807, 2.05) is 11.4 Å². The first-order chi connectivity index (χ1) is 10.2. The highest BCUT2D eigenvalue weighted by molar-refractivity contribution is 7.21. The van der Waals surface area contributed by atoms with Crippen molar-refractivity contribution in [1.29, 1.82) is 0 Å². The van der Waals surface area contributed by atoms with Crippen LogP contribution >= 0.6 is 22.7 Å². The normalized spacial score (nSPS) is 10.9. The van der Waals surface area contributed by atoms with E-state index < -0.39 is 0 Å². The predicted octanol–water partition coefficient (Wildman–Crippen LogP) is 2.65. The van der Waals surface area contributed by atoms with Crippen molar-refractivity contribution in [3.8, 4) is 0 Å². The summed E-state index contributed by atoms with van der Waals surface area (Å²) in [5.74, 6) is -0.0751. The molecule has 2 N–H and O–H groups in total. The summed E-state index contributed by atoms with van der Waals surface area (Å²) in [5, 5.41) is 2.04. The van der Waals surface area contributed by atoms with Gasteiger partial charge in [0.05, 0.1) is 5.69 Å². The van der Waals surface area contributed by atoms with Crippen molar-refractivity contribution in [3.05, 3.63) is 39.7 Å². The first kappa shape index (κ1) is 14.0. The van der Waals surface area contributed by atoms with Crippen molar-refractivity contribution in [2.75, 3.05) is 19.3 Å². The third-order valence-electron chi connectivity index (χ3n) is 3.18. The van der Waals surface area contributed by atoms with Crippen molar-refractivity contribution >= 4 is 44.6 Å². The van der Waals surface area contributed by atoms with Crippen LogP contribution in [0.15, 0.2) is 29.9 Å². The lowest BCUT2D eigenvalue weighted by atomic mass is 10.3. The number of carbonyl (C=O) groups excluding carboxylic acids is 1. The van der Waals surface area contributed by atoms with Crippen molar-refractivity contribution in [2.24, 2.45) is 0 Å². The van der Waals surface area contributed by atoms with Crippen LogP contribution in [0.1, 0.15) is 14.5 Å². The van der Waals surface area contributed by atoms with E-state index in [9.17, 15) is 4.79 Å². The van der Waals surface area contributed by atoms with Gasteiger partial charge in [-0.2, -0.15) is 0 Å². The number of nitrogens with two attached hydrogens (primary N) is 1. The van der Waals surface area contributed by atoms with E-state index in [4.69, 9.17) is 5.73 Å². The zero-order valence-corrected chi connectivity index (χ0v) is 13.1. The summed E-state index contributed by atoms with van der Waals surface area (Å²) in [4.78, 5) is 25.1. The Morgan fingerprint density at radius 2 is 2.19 bits per heavy atom. The quantitative estimate of drug-likeness (QED) is 0.802. The van der Waals surface area contributed by atoms with Crippen molar-refractivity contribution in [1.82, 2.24) is 14.9 Å². The topological polar surface area (TPSA) is 72.1 Å². The third-order valence-corrected chi connectivity index (χ3v) is 5.20. The molecule has 0 unspecified atom stereocenters. The second-order valence-corrected chi connectivity index (χ2v) is 6.64. The second kappa shape index (κ2) is 5.79. The summed E-state index contributed by atoms with van der Waals surface area (Å²) in [6, 6.07) is 4.09. The third kappa shape index (κ3) is 2.74. The Kier molecular flexibility index (Phi) is 3.85. The predicted molar refractivity (Wildman–Crippen MR) is 86.8 cm³/mol. The first-order valence-corrected chi connectivity index (χ1v) is 8.13. The number of carbonyl (C=O) groups is 1. The number of hydrogen-bond acceptors (Lipinski definition) is 6. The molecule has 108 valence electrons. The van der Waals surface area contributed by atoms with Crippen LogP contribution in [0.25, 0.3) is 10.3 Å². The average molecular weight is 318 g/mol. The van der Waals surface area contributed by atoms with E-state index in [-0.39, 0.29) is 5.91 Å². The molecule has 0 atom stereocenters. The zero-order chi connectivity index (χ0) is 14.8. The van der Waals surface area contributed by atoms with Gasteiger partial charge in [0.1, 0.15) is 15.2 Å². The maximum Gasteiger partial charge on any atom is 0.265 e. The van der Waals surface area contributed by atoms with Gasteiger partial charge in [0, 0.05) is 30.9 Å². The van der Waals surface area contributed by atoms with E-state index in [0.717, 1.165) is 6.42 Å². The number of aromatic nitrogens is 2. The molecule has 0 fully saturated rings. The van der Waals surface area contributed by atoms with Crippen LogP contribution < -0.4 is 5.73 Å². The fourth-order valence-corrected chi connectivity index (χ4v) is 3.72. The molecule has 3 aromatic heterocycles. The Labute approximate surface area is 130 Å². The van der Waals surface area contributed by atoms with Gasteiger partial charge in [0.2, 0.25) is 0 Å². The lowest BCUT2D eigenvalue weighted by molar-refractivity contribution is 0.0802. The molecule has 21 heavy (non-hydrogen) atoms. The van der Waals surface area contributed by atoms with Crippen LogP contribution in [-0.4, -0.2) is 34.4 Å². The lowest BCUT2D eigenvalue weighted by Crippen LogP contribution is -2.28. The van der Waals surface area contributed by atoms with Gasteiger partial charge in [0.25, 0.3) is 5.91 Å². The number of fused-ring (bicyclic) bond motifs is 1. The largest absolute Gasteiger partial charge is 0.396 e. The van der Waals surface area contributed by atoms with E-state index >= 15 is 0 Å². The second-order valence-electron chi connectivity index (χ2n) is 4.61. The van der Waals surface area contributed by atoms with Gasteiger partial charge in [-0.15, -0.1) is 22.7 Å². The van der Waals surface area contributed by atoms with Crippen LogP contribution in [0.3, 0.4) is 0 Å². The van der Waals surface area contributed by atoms with Crippen LogP contribution in [0, 0.1) is 0 Å². The smallest absolute Gasteiger partial charge is 0.265 e. The van der Waals surface area contributed by atoms with Gasteiger partial charge >= 0.3 is 0 Å². The number of likely N-dealkylation sites (N-methyl/N-ethyl adjacent to an activating group) is 1. The van der Waals surface area contributed by atoms with Crippen molar-refractivity contribution < 1.29 is 4.79 Å². The molecule has 0 aromatic carbocycles. The molecule has 3 rings (SSSR count). The van der Waals surface area contributed by atoms with Gasteiger partial charge in [0.15, 0.2) is 0 Å². The minimum atomic E-state index is -0.0751. The Bertz CT molecular complexity index is 766. The van der Waals surface area contributed by atoms with Gasteiger partial charge in [-0.25, -0.2) is 9.97 Å². The molecular weight excluding hydrogens is 304 g/mol. The first-order valence-electron chi connectivity index (χ1n) is 6.43. The van der Waals surface area contributed by atoms with Crippen LogP contribution in [-0.2, 0) is 6.42 Å². The summed E-state index contributed by atoms with van der Waals surface area (Å²) < 4.78 is 0. The minimum Gasteiger partial charge on any atom is -0.396 e. The number of hydrogen-bond donors (Lipinski definition) is 1. The Morgan fingerprint density at radius 1 is 1.38 bits per heavy atom. The maximum atomic E-state index is 12.5. The molecule has 0 aliphatic rings. The van der Waals surface area contributed by atoms with Crippen molar-refractivity contribution in [2.45, 2.75) is 6.42 Å². The molecule has 3 heterocycles. The number of nitrogen functional groups attached to an aromatic ring is 1. The molecule has 0 saturated carbocycles. The van der Waals surface area contributed by atoms with E-state index in [1.165, 1.54) is 16.2 Å². The molecule has 3 aromatic rings. The highest BCUT2D eigenvalue weighted by atomic mass is 32.1. The monoisotopic (exact) mass is 318 g/mol. The molecular formula is C14H14N4OS2. The Morgan fingerprint density at radius 3 is 2.90 bits per heavy atom. The number of nitrogens with zero attached hydrogens (tertiary/aromatic N) is 3. The fourth-order valence-electron chi connectivity index (χ4n) is 2.01. The van der Waals surface area contributed by atoms with Gasteiger partial charge < -0.3 is 10.6 Å². The summed E-state index contributed by atoms with van der Waals surface area (Å²) >= 11 is 3.00. The maximum absolute atomic E-state index is 12.5. The van der Waals surface area contributed by atoms with Gasteiger partial charge in [-0.05, 0) is 17.9 Å². The number of amides is 1. The minimum absolute atomic E-state index is 0.0751. The van der Waals surface area contributed by atoms with Crippen LogP contribution in [0.4, 0.5) is 5.69 Å². The summed E-state index contributed by atoms with van der Waals surface area (Å²) in [5.41, 5.74) is 7.07.